The lowest BCUT2D eigenvalue weighted by atomic mass is 9.96. The molecule has 1 aliphatic carbocycles. The molecular weight excluding hydrogens is 334 g/mol. The number of aromatic nitrogens is 2. The van der Waals surface area contributed by atoms with Crippen LogP contribution in [-0.2, 0) is 16.6 Å². The van der Waals surface area contributed by atoms with Crippen molar-refractivity contribution in [2.45, 2.75) is 70.9 Å². The summed E-state index contributed by atoms with van der Waals surface area (Å²) in [4.78, 5) is 36.4. The average Bonchev–Trinajstić information content (AvgIpc) is 2.56. The lowest BCUT2D eigenvalue weighted by molar-refractivity contribution is -0.133. The van der Waals surface area contributed by atoms with Gasteiger partial charge in [0.1, 0.15) is 0 Å². The van der Waals surface area contributed by atoms with E-state index in [0.29, 0.717) is 0 Å². The first kappa shape index (κ1) is 20.1. The summed E-state index contributed by atoms with van der Waals surface area (Å²) in [5.41, 5.74) is -0.305. The van der Waals surface area contributed by atoms with Crippen molar-refractivity contribution < 1.29 is 14.3 Å². The van der Waals surface area contributed by atoms with Gasteiger partial charge in [0.2, 0.25) is 0 Å². The van der Waals surface area contributed by atoms with Gasteiger partial charge in [0, 0.05) is 19.2 Å². The van der Waals surface area contributed by atoms with Crippen molar-refractivity contribution in [2.24, 2.45) is 13.0 Å². The standard InChI is InChI=1S/C19H29N3O4/c1-13(2)17(18(24)20-14-9-7-5-4-6-8-10-14)26-19(25)15-11-12-16(23)22(3)21-15/h11-14,17H,4-10H2,1-3H3,(H,20,24)/t17-/m1/s1. The second-order valence-electron chi connectivity index (χ2n) is 7.30. The highest BCUT2D eigenvalue weighted by Crippen LogP contribution is 2.18. The van der Waals surface area contributed by atoms with Gasteiger partial charge in [-0.3, -0.25) is 9.59 Å². The maximum Gasteiger partial charge on any atom is 0.359 e. The van der Waals surface area contributed by atoms with Gasteiger partial charge in [-0.05, 0) is 24.8 Å². The highest BCUT2D eigenvalue weighted by molar-refractivity contribution is 5.90. The molecule has 1 fully saturated rings. The highest BCUT2D eigenvalue weighted by atomic mass is 16.5. The van der Waals surface area contributed by atoms with E-state index in [1.165, 1.54) is 38.4 Å². The highest BCUT2D eigenvalue weighted by Gasteiger charge is 2.29. The minimum Gasteiger partial charge on any atom is -0.447 e. The molecule has 0 aromatic carbocycles. The van der Waals surface area contributed by atoms with Crippen LogP contribution >= 0.6 is 0 Å². The summed E-state index contributed by atoms with van der Waals surface area (Å²) < 4.78 is 6.49. The normalized spacial score (nSPS) is 17.2. The van der Waals surface area contributed by atoms with E-state index in [2.05, 4.69) is 10.4 Å². The van der Waals surface area contributed by atoms with E-state index in [4.69, 9.17) is 4.74 Å². The van der Waals surface area contributed by atoms with Gasteiger partial charge >= 0.3 is 5.97 Å². The third kappa shape index (κ3) is 5.68. The molecule has 1 aliphatic rings. The van der Waals surface area contributed by atoms with Crippen molar-refractivity contribution in [2.75, 3.05) is 0 Å². The Bertz CT molecular complexity index is 676. The molecule has 2 rings (SSSR count). The molecule has 1 atom stereocenters. The lowest BCUT2D eigenvalue weighted by Gasteiger charge is -2.25. The Hall–Kier alpha value is -2.18. The van der Waals surface area contributed by atoms with Crippen molar-refractivity contribution in [3.63, 3.8) is 0 Å². The van der Waals surface area contributed by atoms with Gasteiger partial charge in [-0.15, -0.1) is 0 Å². The number of hydrogen-bond acceptors (Lipinski definition) is 5. The van der Waals surface area contributed by atoms with Crippen LogP contribution in [0.1, 0.15) is 69.3 Å². The molecule has 1 N–H and O–H groups in total. The number of aryl methyl sites for hydroxylation is 1. The first-order valence-corrected chi connectivity index (χ1v) is 9.44. The zero-order valence-corrected chi connectivity index (χ0v) is 15.9. The Balaban J connectivity index is 2.02. The van der Waals surface area contributed by atoms with Crippen LogP contribution in [-0.4, -0.2) is 33.8 Å². The Morgan fingerprint density at radius 3 is 2.35 bits per heavy atom. The van der Waals surface area contributed by atoms with E-state index >= 15 is 0 Å². The number of esters is 1. The number of ether oxygens (including phenoxy) is 1. The third-order valence-electron chi connectivity index (χ3n) is 4.72. The van der Waals surface area contributed by atoms with Gasteiger partial charge in [0.05, 0.1) is 0 Å². The first-order chi connectivity index (χ1) is 12.4. The molecule has 7 nitrogen and oxygen atoms in total. The summed E-state index contributed by atoms with van der Waals surface area (Å²) in [7, 11) is 1.46. The Morgan fingerprint density at radius 2 is 1.77 bits per heavy atom. The predicted octanol–water partition coefficient (Wildman–Crippen LogP) is 2.19. The van der Waals surface area contributed by atoms with Crippen LogP contribution in [0.15, 0.2) is 16.9 Å². The van der Waals surface area contributed by atoms with Gasteiger partial charge in [0.25, 0.3) is 11.5 Å². The van der Waals surface area contributed by atoms with E-state index in [9.17, 15) is 14.4 Å². The van der Waals surface area contributed by atoms with Crippen LogP contribution in [0.2, 0.25) is 0 Å². The van der Waals surface area contributed by atoms with Gasteiger partial charge < -0.3 is 10.1 Å². The van der Waals surface area contributed by atoms with E-state index in [-0.39, 0.29) is 29.1 Å². The summed E-state index contributed by atoms with van der Waals surface area (Å²) in [5.74, 6) is -1.13. The van der Waals surface area contributed by atoms with Crippen molar-refractivity contribution in [1.82, 2.24) is 15.1 Å². The maximum atomic E-state index is 12.7. The summed E-state index contributed by atoms with van der Waals surface area (Å²) >= 11 is 0. The van der Waals surface area contributed by atoms with Crippen molar-refractivity contribution in [3.8, 4) is 0 Å². The van der Waals surface area contributed by atoms with Crippen molar-refractivity contribution in [3.05, 3.63) is 28.2 Å². The van der Waals surface area contributed by atoms with Crippen LogP contribution in [0.3, 0.4) is 0 Å². The second kappa shape index (κ2) is 9.50. The molecule has 7 heteroatoms. The number of amides is 1. The predicted molar refractivity (Wildman–Crippen MR) is 97.8 cm³/mol. The number of carbonyl (C=O) groups excluding carboxylic acids is 2. The van der Waals surface area contributed by atoms with Crippen LogP contribution < -0.4 is 10.9 Å². The summed E-state index contributed by atoms with van der Waals surface area (Å²) in [6.07, 6.45) is 6.94. The third-order valence-corrected chi connectivity index (χ3v) is 4.72. The second-order valence-corrected chi connectivity index (χ2v) is 7.30. The quantitative estimate of drug-likeness (QED) is 0.810. The van der Waals surface area contributed by atoms with Gasteiger partial charge in [0.15, 0.2) is 11.8 Å². The molecule has 0 radical (unpaired) electrons. The SMILES string of the molecule is CC(C)[C@@H](OC(=O)c1ccc(=O)n(C)n1)C(=O)NC1CCCCCCC1. The largest absolute Gasteiger partial charge is 0.447 e. The molecule has 1 amide bonds. The number of carbonyl (C=O) groups is 2. The number of hydrogen-bond donors (Lipinski definition) is 1. The summed E-state index contributed by atoms with van der Waals surface area (Å²) in [6.45, 7) is 3.67. The minimum absolute atomic E-state index is 0.0107. The summed E-state index contributed by atoms with van der Waals surface area (Å²) in [6, 6.07) is 2.70. The minimum atomic E-state index is -0.882. The molecule has 0 bridgehead atoms. The molecule has 1 heterocycles. The Morgan fingerprint density at radius 1 is 1.15 bits per heavy atom. The van der Waals surface area contributed by atoms with Crippen LogP contribution in [0, 0.1) is 5.92 Å². The number of rotatable bonds is 5. The molecule has 144 valence electrons. The van der Waals surface area contributed by atoms with Crippen LogP contribution in [0.25, 0.3) is 0 Å². The monoisotopic (exact) mass is 363 g/mol. The summed E-state index contributed by atoms with van der Waals surface area (Å²) in [5, 5.41) is 6.93. The zero-order valence-electron chi connectivity index (χ0n) is 15.9. The fourth-order valence-electron chi connectivity index (χ4n) is 3.16. The number of nitrogens with zero attached hydrogens (tertiary/aromatic N) is 2. The molecule has 0 unspecified atom stereocenters. The van der Waals surface area contributed by atoms with Crippen LogP contribution in [0.5, 0.6) is 0 Å². The fraction of sp³-hybridized carbons (Fsp3) is 0.684. The first-order valence-electron chi connectivity index (χ1n) is 9.44. The van der Waals surface area contributed by atoms with Gasteiger partial charge in [-0.2, -0.15) is 5.10 Å². The van der Waals surface area contributed by atoms with E-state index < -0.39 is 12.1 Å². The Labute approximate surface area is 154 Å². The molecule has 0 saturated heterocycles. The fourth-order valence-corrected chi connectivity index (χ4v) is 3.16. The molecule has 1 aromatic heterocycles. The molecule has 1 aromatic rings. The van der Waals surface area contributed by atoms with E-state index in [0.717, 1.165) is 30.4 Å². The van der Waals surface area contributed by atoms with Gasteiger partial charge in [-0.1, -0.05) is 46.0 Å². The van der Waals surface area contributed by atoms with Crippen molar-refractivity contribution in [1.29, 1.82) is 0 Å². The maximum absolute atomic E-state index is 12.7. The van der Waals surface area contributed by atoms with E-state index in [1.807, 2.05) is 13.8 Å². The molecule has 0 aliphatic heterocycles. The number of nitrogens with one attached hydrogen (secondary N) is 1. The molecule has 1 saturated carbocycles. The van der Waals surface area contributed by atoms with Gasteiger partial charge in [-0.25, -0.2) is 9.48 Å². The molecular formula is C19H29N3O4. The average molecular weight is 363 g/mol. The zero-order chi connectivity index (χ0) is 19.1. The topological polar surface area (TPSA) is 90.3 Å². The molecule has 26 heavy (non-hydrogen) atoms. The van der Waals surface area contributed by atoms with Crippen molar-refractivity contribution >= 4 is 11.9 Å². The smallest absolute Gasteiger partial charge is 0.359 e. The van der Waals surface area contributed by atoms with Crippen LogP contribution in [0.4, 0.5) is 0 Å². The Kier molecular flexibility index (Phi) is 7.36. The lowest BCUT2D eigenvalue weighted by Crippen LogP contribution is -2.45. The van der Waals surface area contributed by atoms with E-state index in [1.54, 1.807) is 0 Å². The molecule has 0 spiro atoms.